The second-order valence-corrected chi connectivity index (χ2v) is 20.0. The van der Waals surface area contributed by atoms with Crippen LogP contribution in [0.5, 0.6) is 0 Å². The van der Waals surface area contributed by atoms with Gasteiger partial charge in [0.25, 0.3) is 0 Å². The summed E-state index contributed by atoms with van der Waals surface area (Å²) in [6, 6.07) is 0. The molecule has 11 heteroatoms. The molecular formula is C55H94O11. The van der Waals surface area contributed by atoms with Gasteiger partial charge in [0.15, 0.2) is 17.4 Å². The molecule has 0 radical (unpaired) electrons. The van der Waals surface area contributed by atoms with Gasteiger partial charge in [0, 0.05) is 51.0 Å². The summed E-state index contributed by atoms with van der Waals surface area (Å²) < 4.78 is 34.6. The van der Waals surface area contributed by atoms with Gasteiger partial charge in [-0.2, -0.15) is 0 Å². The van der Waals surface area contributed by atoms with Crippen LogP contribution in [0.25, 0.3) is 0 Å². The number of carbonyl (C=O) groups is 3. The van der Waals surface area contributed by atoms with Gasteiger partial charge in [-0.1, -0.05) is 95.6 Å². The van der Waals surface area contributed by atoms with Gasteiger partial charge in [0.05, 0.1) is 44.7 Å². The van der Waals surface area contributed by atoms with E-state index in [4.69, 9.17) is 28.4 Å². The van der Waals surface area contributed by atoms with Crippen molar-refractivity contribution in [2.45, 2.75) is 232 Å². The lowest BCUT2D eigenvalue weighted by Crippen LogP contribution is -2.32. The van der Waals surface area contributed by atoms with E-state index in [1.54, 1.807) is 6.08 Å². The summed E-state index contributed by atoms with van der Waals surface area (Å²) in [5, 5.41) is 20.7. The Morgan fingerprint density at radius 1 is 0.667 bits per heavy atom. The van der Waals surface area contributed by atoms with E-state index in [0.717, 1.165) is 89.9 Å². The Labute approximate surface area is 400 Å². The molecule has 1 saturated carbocycles. The van der Waals surface area contributed by atoms with Crippen molar-refractivity contribution in [3.05, 3.63) is 36.5 Å². The average molecular weight is 931 g/mol. The zero-order chi connectivity index (χ0) is 48.0. The lowest BCUT2D eigenvalue weighted by molar-refractivity contribution is -0.171. The van der Waals surface area contributed by atoms with Crippen LogP contribution in [0.15, 0.2) is 36.5 Å². The van der Waals surface area contributed by atoms with Crippen LogP contribution in [0.3, 0.4) is 0 Å². The molecule has 380 valence electrons. The number of ketones is 1. The zero-order valence-corrected chi connectivity index (χ0v) is 42.4. The number of carbonyl (C=O) groups excluding carboxylic acids is 3. The molecule has 0 amide bonds. The molecular weight excluding hydrogens is 837 g/mol. The summed E-state index contributed by atoms with van der Waals surface area (Å²) in [6.45, 7) is 14.7. The van der Waals surface area contributed by atoms with Crippen molar-refractivity contribution in [2.75, 3.05) is 33.0 Å². The molecule has 66 heavy (non-hydrogen) atoms. The lowest BCUT2D eigenvalue weighted by Gasteiger charge is -2.31. The number of esters is 2. The van der Waals surface area contributed by atoms with Gasteiger partial charge < -0.3 is 38.6 Å². The number of hydrogen-bond acceptors (Lipinski definition) is 11. The van der Waals surface area contributed by atoms with Crippen molar-refractivity contribution in [1.29, 1.82) is 0 Å². The van der Waals surface area contributed by atoms with Gasteiger partial charge in [-0.3, -0.25) is 14.4 Å². The molecule has 0 spiro atoms. The molecule has 0 aromatic heterocycles. The molecule has 3 fully saturated rings. The predicted octanol–water partition coefficient (Wildman–Crippen LogP) is 11.9. The van der Waals surface area contributed by atoms with Crippen LogP contribution in [0.4, 0.5) is 0 Å². The van der Waals surface area contributed by atoms with E-state index in [2.05, 4.69) is 44.2 Å². The first kappa shape index (κ1) is 57.9. The number of allylic oxidation sites excluding steroid dienone is 6. The van der Waals surface area contributed by atoms with E-state index in [0.29, 0.717) is 45.7 Å². The van der Waals surface area contributed by atoms with Crippen LogP contribution in [0.2, 0.25) is 0 Å². The first-order chi connectivity index (χ1) is 31.9. The Morgan fingerprint density at radius 2 is 1.15 bits per heavy atom. The first-order valence-electron chi connectivity index (χ1n) is 26.6. The summed E-state index contributed by atoms with van der Waals surface area (Å²) >= 11 is 0. The fourth-order valence-corrected chi connectivity index (χ4v) is 10.3. The normalized spacial score (nSPS) is 24.6. The van der Waals surface area contributed by atoms with E-state index in [9.17, 15) is 24.6 Å². The van der Waals surface area contributed by atoms with Crippen LogP contribution in [0, 0.1) is 29.6 Å². The summed E-state index contributed by atoms with van der Waals surface area (Å²) in [4.78, 5) is 35.6. The van der Waals surface area contributed by atoms with Crippen molar-refractivity contribution in [1.82, 2.24) is 0 Å². The van der Waals surface area contributed by atoms with Crippen molar-refractivity contribution in [3.8, 4) is 0 Å². The average Bonchev–Trinajstić information content (AvgIpc) is 4.09. The molecule has 2 saturated heterocycles. The quantitative estimate of drug-likeness (QED) is 0.0368. The number of aliphatic hydroxyl groups excluding tert-OH is 2. The van der Waals surface area contributed by atoms with Gasteiger partial charge in [-0.15, -0.1) is 0 Å². The van der Waals surface area contributed by atoms with Crippen molar-refractivity contribution in [2.24, 2.45) is 29.6 Å². The Morgan fingerprint density at radius 3 is 1.64 bits per heavy atom. The second kappa shape index (κ2) is 33.2. The van der Waals surface area contributed by atoms with Crippen LogP contribution < -0.4 is 0 Å². The second-order valence-electron chi connectivity index (χ2n) is 20.0. The molecule has 11 nitrogen and oxygen atoms in total. The third-order valence-electron chi connectivity index (χ3n) is 13.9. The first-order valence-corrected chi connectivity index (χ1v) is 26.6. The van der Waals surface area contributed by atoms with Gasteiger partial charge in [0.1, 0.15) is 0 Å². The predicted molar refractivity (Wildman–Crippen MR) is 261 cm³/mol. The Balaban J connectivity index is 0.000000351. The van der Waals surface area contributed by atoms with E-state index < -0.39 is 11.6 Å². The molecule has 2 aliphatic carbocycles. The Hall–Kier alpha value is -2.41. The highest BCUT2D eigenvalue weighted by molar-refractivity contribution is 5.94. The topological polar surface area (TPSA) is 147 Å². The van der Waals surface area contributed by atoms with Crippen LogP contribution in [-0.2, 0) is 42.8 Å². The molecule has 2 aliphatic heterocycles. The fraction of sp³-hybridized carbons (Fsp3) is 0.836. The van der Waals surface area contributed by atoms with Crippen molar-refractivity contribution in [3.63, 3.8) is 0 Å². The number of aliphatic hydroxyl groups is 2. The maximum Gasteiger partial charge on any atom is 0.306 e. The van der Waals surface area contributed by atoms with Crippen molar-refractivity contribution < 1.29 is 53.0 Å². The minimum absolute atomic E-state index is 0.0140. The Kier molecular flexibility index (Phi) is 29.1. The standard InChI is InChI=1S/C28H50O6.C27H44O5/c1-4-5-6-9-12-16-28(32-18-19-33-28)17-15-24-23(21-29)20-26(30)25(24)13-10-7-8-11-14-27(31)34-22(2)3;1-4-5-6-9-12-18-27(30-20-21-31-27)19-17-23-15-16-25(28)24(23)13-10-7-8-11-14-26(29)32-22(2)3/h7,10,22-26,29-30H,4-6,8-9,11-21H2,1-3H3;7,10,15-16,22-24H,4-6,8-9,11-14,17-21H2,1-3H3/b;10-7-/t23-,24-,25+,26-;23-,24-/m01/s1. The number of ether oxygens (including phenoxy) is 6. The summed E-state index contributed by atoms with van der Waals surface area (Å²) in [6.07, 6.45) is 35.7. The molecule has 0 unspecified atom stereocenters. The smallest absolute Gasteiger partial charge is 0.306 e. The zero-order valence-electron chi connectivity index (χ0n) is 42.4. The maximum atomic E-state index is 12.4. The van der Waals surface area contributed by atoms with Gasteiger partial charge >= 0.3 is 11.9 Å². The molecule has 6 atom stereocenters. The van der Waals surface area contributed by atoms with E-state index in [-0.39, 0.29) is 72.2 Å². The minimum atomic E-state index is -0.481. The van der Waals surface area contributed by atoms with E-state index >= 15 is 0 Å². The third kappa shape index (κ3) is 22.3. The Bertz CT molecular complexity index is 1410. The molecule has 2 heterocycles. The lowest BCUT2D eigenvalue weighted by atomic mass is 9.82. The van der Waals surface area contributed by atoms with Crippen LogP contribution >= 0.6 is 0 Å². The summed E-state index contributed by atoms with van der Waals surface area (Å²) in [5.74, 6) is -0.197. The number of rotatable bonds is 33. The van der Waals surface area contributed by atoms with Crippen molar-refractivity contribution >= 4 is 17.7 Å². The highest BCUT2D eigenvalue weighted by Gasteiger charge is 2.44. The molecule has 0 aromatic carbocycles. The molecule has 0 bridgehead atoms. The van der Waals surface area contributed by atoms with Crippen LogP contribution in [-0.4, -0.2) is 90.9 Å². The highest BCUT2D eigenvalue weighted by atomic mass is 16.7. The van der Waals surface area contributed by atoms with E-state index in [1.165, 1.54) is 51.4 Å². The molecule has 0 aromatic rings. The van der Waals surface area contributed by atoms with Gasteiger partial charge in [-0.25, -0.2) is 0 Å². The maximum absolute atomic E-state index is 12.4. The fourth-order valence-electron chi connectivity index (χ4n) is 10.3. The molecule has 2 N–H and O–H groups in total. The monoisotopic (exact) mass is 931 g/mol. The number of unbranched alkanes of at least 4 members (excludes halogenated alkanes) is 10. The van der Waals surface area contributed by atoms with Gasteiger partial charge in [0.2, 0.25) is 0 Å². The number of hydrogen-bond donors (Lipinski definition) is 2. The van der Waals surface area contributed by atoms with Gasteiger partial charge in [-0.05, 0) is 128 Å². The molecule has 4 aliphatic rings. The molecule has 4 rings (SSSR count). The summed E-state index contributed by atoms with van der Waals surface area (Å²) in [5.41, 5.74) is 0. The highest BCUT2D eigenvalue weighted by Crippen LogP contribution is 2.45. The van der Waals surface area contributed by atoms with Crippen LogP contribution in [0.1, 0.15) is 202 Å². The minimum Gasteiger partial charge on any atom is -0.463 e. The largest absolute Gasteiger partial charge is 0.463 e. The summed E-state index contributed by atoms with van der Waals surface area (Å²) in [7, 11) is 0. The van der Waals surface area contributed by atoms with E-state index in [1.807, 2.05) is 27.7 Å². The third-order valence-corrected chi connectivity index (χ3v) is 13.9. The SMILES string of the molecule is CCCCCCCC1(CC[C@H]2C=CC(=O)[C@@H]2C/C=C\CCCC(=O)OC(C)C)OCCO1.CCCCCCCC1(CC[C@H]2[C@H](CO)C[C@H](O)[C@@H]2CC=CCCCC(=O)OC(C)C)OCCO1.